The summed E-state index contributed by atoms with van der Waals surface area (Å²) in [6.45, 7) is 0. The Hall–Kier alpha value is -4.47. The largest absolute Gasteiger partial charge is 0.270 e. The summed E-state index contributed by atoms with van der Waals surface area (Å²) in [5, 5.41) is 10.3. The molecule has 9 heteroatoms. The average molecular weight is 567 g/mol. The molecule has 6 rings (SSSR count). The van der Waals surface area contributed by atoms with Gasteiger partial charge < -0.3 is 0 Å². The quantitative estimate of drug-likeness (QED) is 0.184. The zero-order valence-electron chi connectivity index (χ0n) is 21.1. The van der Waals surface area contributed by atoms with Crippen LogP contribution in [0.1, 0.15) is 5.56 Å². The third-order valence-corrected chi connectivity index (χ3v) is 8.93. The third kappa shape index (κ3) is 4.97. The highest BCUT2D eigenvalue weighted by Crippen LogP contribution is 2.35. The zero-order chi connectivity index (χ0) is 27.5. The van der Waals surface area contributed by atoms with Gasteiger partial charge in [-0.15, -0.1) is 10.2 Å². The van der Waals surface area contributed by atoms with Crippen molar-refractivity contribution in [3.8, 4) is 17.1 Å². The van der Waals surface area contributed by atoms with Crippen molar-refractivity contribution in [1.29, 1.82) is 0 Å². The van der Waals surface area contributed by atoms with Crippen molar-refractivity contribution in [2.24, 2.45) is 0 Å². The molecule has 0 bridgehead atoms. The molecule has 0 atom stereocenters. The number of benzene rings is 4. The number of aromatic nitrogens is 4. The van der Waals surface area contributed by atoms with Crippen molar-refractivity contribution in [2.75, 3.05) is 5.75 Å². The first-order valence-corrected chi connectivity index (χ1v) is 14.9. The molecule has 0 N–H and O–H groups in total. The number of rotatable bonds is 8. The fraction of sp³-hybridized carbons (Fsp3) is 0.0323. The van der Waals surface area contributed by atoms with Crippen LogP contribution in [0.3, 0.4) is 0 Å². The molecule has 0 spiro atoms. The van der Waals surface area contributed by atoms with Gasteiger partial charge in [-0.1, -0.05) is 90.6 Å². The lowest BCUT2D eigenvalue weighted by atomic mass is 10.1. The average Bonchev–Trinajstić information content (AvgIpc) is 3.59. The fourth-order valence-electron chi connectivity index (χ4n) is 4.46. The highest BCUT2D eigenvalue weighted by atomic mass is 32.2. The third-order valence-electron chi connectivity index (χ3n) is 6.36. The molecule has 0 aliphatic carbocycles. The summed E-state index contributed by atoms with van der Waals surface area (Å²) in [5.41, 5.74) is 2.88. The van der Waals surface area contributed by atoms with E-state index in [0.29, 0.717) is 38.9 Å². The van der Waals surface area contributed by atoms with Crippen LogP contribution in [-0.2, 0) is 10.0 Å². The lowest BCUT2D eigenvalue weighted by molar-refractivity contribution is 0.589. The topological polar surface area (TPSA) is 69.8 Å². The smallest absolute Gasteiger partial charge is 0.268 e. The van der Waals surface area contributed by atoms with Crippen LogP contribution in [0.5, 0.6) is 0 Å². The van der Waals surface area contributed by atoms with Gasteiger partial charge in [-0.05, 0) is 48.0 Å². The molecule has 0 amide bonds. The maximum Gasteiger partial charge on any atom is 0.268 e. The second kappa shape index (κ2) is 11.0. The molecule has 0 saturated carbocycles. The lowest BCUT2D eigenvalue weighted by Gasteiger charge is -2.09. The van der Waals surface area contributed by atoms with Gasteiger partial charge in [-0.25, -0.2) is 16.8 Å². The molecule has 0 radical (unpaired) electrons. The summed E-state index contributed by atoms with van der Waals surface area (Å²) in [6.07, 6.45) is 5.66. The first-order chi connectivity index (χ1) is 19.5. The predicted molar refractivity (Wildman–Crippen MR) is 157 cm³/mol. The molecule has 0 fully saturated rings. The number of hydrogen-bond donors (Lipinski definition) is 0. The van der Waals surface area contributed by atoms with Crippen LogP contribution in [0, 0.1) is 5.82 Å². The van der Waals surface area contributed by atoms with E-state index >= 15 is 0 Å². The van der Waals surface area contributed by atoms with E-state index in [2.05, 4.69) is 10.2 Å². The molecule has 0 unspecified atom stereocenters. The Balaban J connectivity index is 1.46. The van der Waals surface area contributed by atoms with Crippen molar-refractivity contribution in [3.05, 3.63) is 133 Å². The maximum absolute atomic E-state index is 13.8. The molecule has 2 heterocycles. The van der Waals surface area contributed by atoms with Gasteiger partial charge in [0.05, 0.1) is 10.4 Å². The SMILES string of the molecule is O=S(=O)(c1ccccc1)n1cc(-c2nnc(SC/C=C/c3ccccc3)n2-c2ccc(F)cc2)c2ccccc21. The molecule has 2 aromatic heterocycles. The number of para-hydroxylation sites is 1. The van der Waals surface area contributed by atoms with Crippen molar-refractivity contribution in [3.63, 3.8) is 0 Å². The normalized spacial score (nSPS) is 11.9. The summed E-state index contributed by atoms with van der Waals surface area (Å²) in [7, 11) is -3.88. The van der Waals surface area contributed by atoms with Gasteiger partial charge in [0.2, 0.25) is 0 Å². The number of hydrogen-bond acceptors (Lipinski definition) is 5. The van der Waals surface area contributed by atoms with E-state index in [9.17, 15) is 12.8 Å². The Labute approximate surface area is 235 Å². The first kappa shape index (κ1) is 25.8. The summed E-state index contributed by atoms with van der Waals surface area (Å²) in [6, 6.07) is 31.7. The summed E-state index contributed by atoms with van der Waals surface area (Å²) in [4.78, 5) is 0.184. The molecule has 6 nitrogen and oxygen atoms in total. The van der Waals surface area contributed by atoms with Gasteiger partial charge in [-0.2, -0.15) is 0 Å². The van der Waals surface area contributed by atoms with Gasteiger partial charge in [-0.3, -0.25) is 4.57 Å². The Morgan fingerprint density at radius 3 is 2.23 bits per heavy atom. The molecule has 6 aromatic rings. The van der Waals surface area contributed by atoms with Crippen LogP contribution in [0.2, 0.25) is 0 Å². The van der Waals surface area contributed by atoms with Crippen LogP contribution < -0.4 is 0 Å². The second-order valence-corrected chi connectivity index (χ2v) is 11.7. The monoisotopic (exact) mass is 566 g/mol. The van der Waals surface area contributed by atoms with Gasteiger partial charge in [0, 0.05) is 28.6 Å². The van der Waals surface area contributed by atoms with E-state index in [1.165, 1.54) is 27.9 Å². The van der Waals surface area contributed by atoms with Crippen molar-refractivity contribution >= 4 is 38.8 Å². The summed E-state index contributed by atoms with van der Waals surface area (Å²) < 4.78 is 44.3. The Morgan fingerprint density at radius 1 is 0.800 bits per heavy atom. The molecule has 0 aliphatic heterocycles. The van der Waals surface area contributed by atoms with Crippen LogP contribution in [0.15, 0.2) is 132 Å². The van der Waals surface area contributed by atoms with Gasteiger partial charge >= 0.3 is 0 Å². The lowest BCUT2D eigenvalue weighted by Crippen LogP contribution is -2.11. The van der Waals surface area contributed by atoms with Crippen LogP contribution in [0.4, 0.5) is 4.39 Å². The molecule has 40 heavy (non-hydrogen) atoms. The summed E-state index contributed by atoms with van der Waals surface area (Å²) in [5.74, 6) is 0.724. The predicted octanol–water partition coefficient (Wildman–Crippen LogP) is 7.07. The van der Waals surface area contributed by atoms with E-state index in [-0.39, 0.29) is 10.7 Å². The highest BCUT2D eigenvalue weighted by Gasteiger charge is 2.25. The molecule has 0 aliphatic rings. The van der Waals surface area contributed by atoms with E-state index in [1.54, 1.807) is 60.8 Å². The van der Waals surface area contributed by atoms with E-state index in [4.69, 9.17) is 0 Å². The Morgan fingerprint density at radius 2 is 1.48 bits per heavy atom. The molecule has 0 saturated heterocycles. The number of thioether (sulfide) groups is 1. The minimum absolute atomic E-state index is 0.184. The van der Waals surface area contributed by atoms with Crippen molar-refractivity contribution in [2.45, 2.75) is 10.1 Å². The van der Waals surface area contributed by atoms with Gasteiger partial charge in [0.15, 0.2) is 11.0 Å². The van der Waals surface area contributed by atoms with Crippen molar-refractivity contribution < 1.29 is 12.8 Å². The molecular weight excluding hydrogens is 543 g/mol. The fourth-order valence-corrected chi connectivity index (χ4v) is 6.62. The standard InChI is InChI=1S/C31H23FN4O2S2/c32-24-17-19-25(20-18-24)36-30(33-34-31(36)39-21-9-12-23-10-3-1-4-11-23)28-22-35(29-16-8-7-15-27(28)29)40(37,38)26-13-5-2-6-14-26/h1-20,22H,21H2/b12-9+. The first-order valence-electron chi connectivity index (χ1n) is 12.5. The number of nitrogens with zero attached hydrogens (tertiary/aromatic N) is 4. The van der Waals surface area contributed by atoms with Crippen LogP contribution in [-0.4, -0.2) is 32.9 Å². The number of fused-ring (bicyclic) bond motifs is 1. The second-order valence-electron chi connectivity index (χ2n) is 8.92. The minimum atomic E-state index is -3.88. The highest BCUT2D eigenvalue weighted by molar-refractivity contribution is 7.99. The Kier molecular flexibility index (Phi) is 7.06. The van der Waals surface area contributed by atoms with E-state index in [0.717, 1.165) is 5.56 Å². The van der Waals surface area contributed by atoms with E-state index < -0.39 is 10.0 Å². The minimum Gasteiger partial charge on any atom is -0.270 e. The van der Waals surface area contributed by atoms with Crippen LogP contribution >= 0.6 is 11.8 Å². The molecule has 4 aromatic carbocycles. The zero-order valence-corrected chi connectivity index (χ0v) is 22.8. The van der Waals surface area contributed by atoms with Crippen LogP contribution in [0.25, 0.3) is 34.1 Å². The Bertz CT molecular complexity index is 1920. The van der Waals surface area contributed by atoms with Gasteiger partial charge in [0.1, 0.15) is 5.82 Å². The summed E-state index contributed by atoms with van der Waals surface area (Å²) >= 11 is 1.48. The van der Waals surface area contributed by atoms with Gasteiger partial charge in [0.25, 0.3) is 10.0 Å². The van der Waals surface area contributed by atoms with E-state index in [1.807, 2.05) is 59.2 Å². The molecular formula is C31H23FN4O2S2. The molecule has 198 valence electrons. The van der Waals surface area contributed by atoms with Crippen molar-refractivity contribution in [1.82, 2.24) is 18.7 Å². The maximum atomic E-state index is 13.8. The number of halogens is 1.